The van der Waals surface area contributed by atoms with E-state index in [1.807, 2.05) is 60.7 Å². The minimum absolute atomic E-state index is 0.00159. The summed E-state index contributed by atoms with van der Waals surface area (Å²) in [6, 6.07) is 18.8. The van der Waals surface area contributed by atoms with Crippen LogP contribution in [0.3, 0.4) is 0 Å². The SMILES string of the molecule is C[C@H](c1ccccc1)N1[C@H]2CCCC[C@@H]2N([C@H](C)c2ccccc2)P1(=O)NC(=O)CNC(=O)[C@H]1CCCN1C(=O)OC(C)(C)C. The molecule has 5 rings (SSSR count). The second kappa shape index (κ2) is 13.7. The zero-order valence-electron chi connectivity index (χ0n) is 27.1. The van der Waals surface area contributed by atoms with E-state index in [0.29, 0.717) is 19.4 Å². The van der Waals surface area contributed by atoms with Crippen molar-refractivity contribution in [2.24, 2.45) is 0 Å². The van der Waals surface area contributed by atoms with Crippen LogP contribution in [0, 0.1) is 0 Å². The van der Waals surface area contributed by atoms with Crippen LogP contribution in [0.2, 0.25) is 0 Å². The molecule has 0 unspecified atom stereocenters. The summed E-state index contributed by atoms with van der Waals surface area (Å²) in [6.45, 7) is 9.53. The van der Waals surface area contributed by atoms with Crippen molar-refractivity contribution in [2.75, 3.05) is 13.1 Å². The highest BCUT2D eigenvalue weighted by atomic mass is 31.2. The second-order valence-corrected chi connectivity index (χ2v) is 15.7. The van der Waals surface area contributed by atoms with Crippen molar-refractivity contribution in [3.8, 4) is 0 Å². The maximum Gasteiger partial charge on any atom is 0.410 e. The number of nitrogens with one attached hydrogen (secondary N) is 2. The summed E-state index contributed by atoms with van der Waals surface area (Å²) >= 11 is 0. The molecule has 45 heavy (non-hydrogen) atoms. The van der Waals surface area contributed by atoms with E-state index in [-0.39, 0.29) is 30.7 Å². The molecule has 2 aromatic carbocycles. The highest BCUT2D eigenvalue weighted by Crippen LogP contribution is 2.66. The number of hydrogen-bond acceptors (Lipinski definition) is 5. The smallest absolute Gasteiger partial charge is 0.410 e. The van der Waals surface area contributed by atoms with Gasteiger partial charge in [0.2, 0.25) is 11.8 Å². The third-order valence-electron chi connectivity index (χ3n) is 9.23. The van der Waals surface area contributed by atoms with E-state index < -0.39 is 37.1 Å². The molecule has 2 N–H and O–H groups in total. The number of hydrogen-bond donors (Lipinski definition) is 2. The van der Waals surface area contributed by atoms with Crippen LogP contribution in [0.25, 0.3) is 0 Å². The summed E-state index contributed by atoms with van der Waals surface area (Å²) < 4.78 is 25.2. The lowest BCUT2D eigenvalue weighted by molar-refractivity contribution is -0.128. The van der Waals surface area contributed by atoms with Crippen molar-refractivity contribution in [2.45, 2.75) is 109 Å². The number of nitrogens with zero attached hydrogens (tertiary/aromatic N) is 3. The minimum atomic E-state index is -3.70. The van der Waals surface area contributed by atoms with Crippen molar-refractivity contribution < 1.29 is 23.7 Å². The minimum Gasteiger partial charge on any atom is -0.444 e. The summed E-state index contributed by atoms with van der Waals surface area (Å²) in [6.07, 6.45) is 4.45. The molecule has 3 fully saturated rings. The van der Waals surface area contributed by atoms with E-state index in [0.717, 1.165) is 36.8 Å². The van der Waals surface area contributed by atoms with E-state index in [1.165, 1.54) is 4.90 Å². The van der Waals surface area contributed by atoms with Crippen LogP contribution in [-0.2, 0) is 18.9 Å². The van der Waals surface area contributed by atoms with Gasteiger partial charge in [0.15, 0.2) is 0 Å². The summed E-state index contributed by atoms with van der Waals surface area (Å²) in [4.78, 5) is 41.1. The molecule has 0 spiro atoms. The highest BCUT2D eigenvalue weighted by molar-refractivity contribution is 7.58. The molecular formula is C34H48N5O5P. The Balaban J connectivity index is 1.39. The molecule has 0 radical (unpaired) electrons. The van der Waals surface area contributed by atoms with Crippen LogP contribution in [0.5, 0.6) is 0 Å². The molecule has 0 bridgehead atoms. The molecule has 3 aliphatic rings. The maximum atomic E-state index is 15.6. The lowest BCUT2D eigenvalue weighted by Gasteiger charge is -2.38. The van der Waals surface area contributed by atoms with Gasteiger partial charge < -0.3 is 10.1 Å². The van der Waals surface area contributed by atoms with Gasteiger partial charge in [-0.25, -0.2) is 14.1 Å². The van der Waals surface area contributed by atoms with Crippen LogP contribution in [0.15, 0.2) is 60.7 Å². The fourth-order valence-corrected chi connectivity index (χ4v) is 10.6. The van der Waals surface area contributed by atoms with Gasteiger partial charge in [-0.05, 0) is 71.4 Å². The number of ether oxygens (including phenoxy) is 1. The Labute approximate surface area is 267 Å². The van der Waals surface area contributed by atoms with Crippen LogP contribution < -0.4 is 10.4 Å². The van der Waals surface area contributed by atoms with Gasteiger partial charge >= 0.3 is 13.7 Å². The molecule has 11 heteroatoms. The number of carbonyl (C=O) groups excluding carboxylic acids is 3. The molecule has 2 aromatic rings. The van der Waals surface area contributed by atoms with Crippen LogP contribution in [0.1, 0.15) is 96.4 Å². The van der Waals surface area contributed by atoms with Crippen molar-refractivity contribution in [1.29, 1.82) is 0 Å². The molecule has 244 valence electrons. The Morgan fingerprint density at radius 1 is 0.844 bits per heavy atom. The van der Waals surface area contributed by atoms with Gasteiger partial charge in [0.25, 0.3) is 0 Å². The van der Waals surface area contributed by atoms with Gasteiger partial charge in [-0.15, -0.1) is 0 Å². The summed E-state index contributed by atoms with van der Waals surface area (Å²) in [7, 11) is -3.70. The normalized spacial score (nSPS) is 24.8. The molecule has 5 atom stereocenters. The summed E-state index contributed by atoms with van der Waals surface area (Å²) in [5.74, 6) is -0.946. The van der Waals surface area contributed by atoms with Gasteiger partial charge in [-0.1, -0.05) is 73.5 Å². The van der Waals surface area contributed by atoms with E-state index in [1.54, 1.807) is 20.8 Å². The number of rotatable bonds is 8. The number of amides is 3. The van der Waals surface area contributed by atoms with Crippen LogP contribution in [-0.4, -0.2) is 69.0 Å². The molecule has 2 aliphatic heterocycles. The first-order valence-corrected chi connectivity index (χ1v) is 17.9. The standard InChI is InChI=1S/C34H48N5O5P/c1-24(26-15-8-6-9-16-26)38-28-19-12-13-20-29(28)39(25(2)27-17-10-7-11-18-27)45(38,43)36-31(40)23-35-32(41)30-21-14-22-37(30)33(42)44-34(3,4)5/h6-11,15-18,24-25,28-30H,12-14,19-23H2,1-5H3,(H,35,41)(H,36,40,43)/t24-,25-,28+,29+,30-/m1/s1. The highest BCUT2D eigenvalue weighted by Gasteiger charge is 2.59. The lowest BCUT2D eigenvalue weighted by Crippen LogP contribution is -2.49. The zero-order valence-corrected chi connectivity index (χ0v) is 28.0. The van der Waals surface area contributed by atoms with Crippen molar-refractivity contribution in [1.82, 2.24) is 24.6 Å². The Hall–Kier alpha value is -3.20. The van der Waals surface area contributed by atoms with Gasteiger partial charge in [-0.3, -0.25) is 24.1 Å². The molecular weight excluding hydrogens is 589 g/mol. The average Bonchev–Trinajstić information content (AvgIpc) is 3.60. The summed E-state index contributed by atoms with van der Waals surface area (Å²) in [5, 5.41) is 5.69. The first-order chi connectivity index (χ1) is 21.4. The largest absolute Gasteiger partial charge is 0.444 e. The van der Waals surface area contributed by atoms with Crippen LogP contribution in [0.4, 0.5) is 4.79 Å². The van der Waals surface area contributed by atoms with Gasteiger partial charge in [0.05, 0.1) is 6.54 Å². The van der Waals surface area contributed by atoms with Crippen molar-refractivity contribution in [3.63, 3.8) is 0 Å². The molecule has 1 aliphatic carbocycles. The Kier molecular flexibility index (Phi) is 10.1. The number of benzene rings is 2. The number of likely N-dealkylation sites (tertiary alicyclic amines) is 1. The predicted molar refractivity (Wildman–Crippen MR) is 174 cm³/mol. The Bertz CT molecular complexity index is 1340. The van der Waals surface area contributed by atoms with Crippen molar-refractivity contribution in [3.05, 3.63) is 71.8 Å². The second-order valence-electron chi connectivity index (χ2n) is 13.5. The van der Waals surface area contributed by atoms with Gasteiger partial charge in [-0.2, -0.15) is 0 Å². The molecule has 2 heterocycles. The maximum absolute atomic E-state index is 15.6. The van der Waals surface area contributed by atoms with E-state index in [9.17, 15) is 14.4 Å². The Morgan fingerprint density at radius 2 is 1.36 bits per heavy atom. The molecule has 0 aromatic heterocycles. The van der Waals surface area contributed by atoms with E-state index in [2.05, 4.69) is 33.6 Å². The topological polar surface area (TPSA) is 111 Å². The Morgan fingerprint density at radius 3 is 1.84 bits per heavy atom. The first kappa shape index (κ1) is 33.2. The third-order valence-corrected chi connectivity index (χ3v) is 12.3. The number of fused-ring (bicyclic) bond motifs is 1. The molecule has 1 saturated carbocycles. The predicted octanol–water partition coefficient (Wildman–Crippen LogP) is 6.18. The molecule has 10 nitrogen and oxygen atoms in total. The van der Waals surface area contributed by atoms with Crippen LogP contribution >= 0.6 is 7.59 Å². The van der Waals surface area contributed by atoms with E-state index >= 15 is 4.57 Å². The first-order valence-electron chi connectivity index (χ1n) is 16.3. The monoisotopic (exact) mass is 637 g/mol. The fourth-order valence-electron chi connectivity index (χ4n) is 7.22. The van der Waals surface area contributed by atoms with Crippen molar-refractivity contribution >= 4 is 25.5 Å². The fraction of sp³-hybridized carbons (Fsp3) is 0.559. The number of carbonyl (C=O) groups is 3. The van der Waals surface area contributed by atoms with Gasteiger partial charge in [0, 0.05) is 30.7 Å². The van der Waals surface area contributed by atoms with E-state index in [4.69, 9.17) is 4.74 Å². The summed E-state index contributed by atoms with van der Waals surface area (Å²) in [5.41, 5.74) is 1.38. The quantitative estimate of drug-likeness (QED) is 0.333. The zero-order chi connectivity index (χ0) is 32.4. The van der Waals surface area contributed by atoms with Gasteiger partial charge in [0.1, 0.15) is 11.6 Å². The molecule has 3 amide bonds. The lowest BCUT2D eigenvalue weighted by atomic mass is 9.88. The molecule has 2 saturated heterocycles. The third kappa shape index (κ3) is 7.13. The average molecular weight is 638 g/mol.